The first-order valence-corrected chi connectivity index (χ1v) is 8.61. The summed E-state index contributed by atoms with van der Waals surface area (Å²) in [6.07, 6.45) is -0.874. The number of benzene rings is 1. The average Bonchev–Trinajstić information content (AvgIpc) is 2.87. The molecule has 0 saturated carbocycles. The van der Waals surface area contributed by atoms with Gasteiger partial charge in [0, 0.05) is 5.75 Å². The van der Waals surface area contributed by atoms with Gasteiger partial charge >= 0.3 is 0 Å². The summed E-state index contributed by atoms with van der Waals surface area (Å²) in [5.41, 5.74) is 0.351. The van der Waals surface area contributed by atoms with E-state index in [1.54, 1.807) is 11.8 Å². The van der Waals surface area contributed by atoms with E-state index in [2.05, 4.69) is 10.2 Å². The van der Waals surface area contributed by atoms with Crippen LogP contribution in [0.1, 0.15) is 18.6 Å². The van der Waals surface area contributed by atoms with E-state index in [0.29, 0.717) is 11.3 Å². The van der Waals surface area contributed by atoms with Crippen molar-refractivity contribution >= 4 is 34.9 Å². The van der Waals surface area contributed by atoms with E-state index in [9.17, 15) is 13.9 Å². The van der Waals surface area contributed by atoms with Crippen molar-refractivity contribution in [2.24, 2.45) is 0 Å². The lowest BCUT2D eigenvalue weighted by molar-refractivity contribution is 0.203. The highest BCUT2D eigenvalue weighted by molar-refractivity contribution is 8.03. The zero-order valence-corrected chi connectivity index (χ0v) is 13.0. The van der Waals surface area contributed by atoms with E-state index in [0.717, 1.165) is 26.6 Å². The molecule has 2 aromatic rings. The highest BCUT2D eigenvalue weighted by Crippen LogP contribution is 2.31. The first-order chi connectivity index (χ1) is 9.60. The minimum atomic E-state index is -0.955. The molecule has 1 N–H and O–H groups in total. The third kappa shape index (κ3) is 4.15. The van der Waals surface area contributed by atoms with Crippen LogP contribution >= 0.6 is 34.9 Å². The molecule has 3 nitrogen and oxygen atoms in total. The van der Waals surface area contributed by atoms with E-state index in [1.165, 1.54) is 29.2 Å². The van der Waals surface area contributed by atoms with Crippen LogP contribution in [-0.4, -0.2) is 26.8 Å². The Hall–Kier alpha value is -0.700. The molecule has 1 aromatic carbocycles. The van der Waals surface area contributed by atoms with Gasteiger partial charge in [-0.1, -0.05) is 47.9 Å². The van der Waals surface area contributed by atoms with E-state index in [1.807, 2.05) is 6.92 Å². The van der Waals surface area contributed by atoms with Gasteiger partial charge in [-0.05, 0) is 23.4 Å². The molecule has 0 bridgehead atoms. The molecule has 0 fully saturated rings. The molecule has 0 saturated heterocycles. The molecule has 0 aliphatic heterocycles. The summed E-state index contributed by atoms with van der Waals surface area (Å²) in [6, 6.07) is 3.40. The molecule has 0 aliphatic rings. The minimum absolute atomic E-state index is 0.316. The van der Waals surface area contributed by atoms with Crippen molar-refractivity contribution in [3.8, 4) is 0 Å². The normalized spacial score (nSPS) is 12.6. The molecule has 1 aromatic heterocycles. The van der Waals surface area contributed by atoms with Crippen molar-refractivity contribution in [2.45, 2.75) is 21.7 Å². The third-order valence-electron chi connectivity index (χ3n) is 2.35. The second-order valence-electron chi connectivity index (χ2n) is 3.77. The van der Waals surface area contributed by atoms with Crippen LogP contribution in [0.4, 0.5) is 8.78 Å². The van der Waals surface area contributed by atoms with Gasteiger partial charge in [-0.3, -0.25) is 0 Å². The fraction of sp³-hybridized carbons (Fsp3) is 0.333. The number of aliphatic hydroxyl groups is 1. The standard InChI is InChI=1S/C12H12F2N2OS3/c1-2-18-11-15-16-12(20-11)19-6-10(17)7-3-4-8(13)9(14)5-7/h3-5,10,17H,2,6H2,1H3. The summed E-state index contributed by atoms with van der Waals surface area (Å²) in [7, 11) is 0. The Morgan fingerprint density at radius 3 is 2.55 bits per heavy atom. The Labute approximate surface area is 127 Å². The second-order valence-corrected chi connectivity index (χ2v) is 7.52. The van der Waals surface area contributed by atoms with Gasteiger partial charge in [-0.25, -0.2) is 8.78 Å². The van der Waals surface area contributed by atoms with Crippen molar-refractivity contribution in [3.05, 3.63) is 35.4 Å². The topological polar surface area (TPSA) is 46.0 Å². The summed E-state index contributed by atoms with van der Waals surface area (Å²) >= 11 is 4.41. The second kappa shape index (κ2) is 7.35. The highest BCUT2D eigenvalue weighted by atomic mass is 32.2. The smallest absolute Gasteiger partial charge is 0.175 e. The largest absolute Gasteiger partial charge is 0.388 e. The van der Waals surface area contributed by atoms with Crippen LogP contribution < -0.4 is 0 Å². The Kier molecular flexibility index (Phi) is 5.76. The number of thioether (sulfide) groups is 2. The zero-order valence-electron chi connectivity index (χ0n) is 10.5. The number of nitrogens with zero attached hydrogens (tertiary/aromatic N) is 2. The van der Waals surface area contributed by atoms with Crippen LogP contribution in [0.2, 0.25) is 0 Å². The lowest BCUT2D eigenvalue weighted by Crippen LogP contribution is -2.01. The molecule has 1 unspecified atom stereocenters. The monoisotopic (exact) mass is 334 g/mol. The van der Waals surface area contributed by atoms with Gasteiger partial charge in [0.2, 0.25) is 0 Å². The van der Waals surface area contributed by atoms with E-state index in [4.69, 9.17) is 0 Å². The SMILES string of the molecule is CCSc1nnc(SCC(O)c2ccc(F)c(F)c2)s1. The minimum Gasteiger partial charge on any atom is -0.388 e. The average molecular weight is 334 g/mol. The van der Waals surface area contributed by atoms with Crippen molar-refractivity contribution in [3.63, 3.8) is 0 Å². The maximum Gasteiger partial charge on any atom is 0.175 e. The highest BCUT2D eigenvalue weighted by Gasteiger charge is 2.13. The number of hydrogen-bond donors (Lipinski definition) is 1. The summed E-state index contributed by atoms with van der Waals surface area (Å²) < 4.78 is 27.5. The van der Waals surface area contributed by atoms with Crippen molar-refractivity contribution in [2.75, 3.05) is 11.5 Å². The van der Waals surface area contributed by atoms with Gasteiger partial charge < -0.3 is 5.11 Å². The number of rotatable bonds is 6. The van der Waals surface area contributed by atoms with Gasteiger partial charge in [0.05, 0.1) is 6.10 Å². The van der Waals surface area contributed by atoms with E-state index >= 15 is 0 Å². The van der Waals surface area contributed by atoms with Gasteiger partial charge in [-0.2, -0.15) is 0 Å². The van der Waals surface area contributed by atoms with Gasteiger partial charge in [-0.15, -0.1) is 10.2 Å². The fourth-order valence-corrected chi connectivity index (χ4v) is 4.31. The molecule has 1 heterocycles. The van der Waals surface area contributed by atoms with Crippen LogP contribution in [0.25, 0.3) is 0 Å². The predicted molar refractivity (Wildman–Crippen MR) is 78.3 cm³/mol. The van der Waals surface area contributed by atoms with Crippen LogP contribution in [0.5, 0.6) is 0 Å². The molecular formula is C12H12F2N2OS3. The fourth-order valence-electron chi connectivity index (χ4n) is 1.40. The molecule has 0 radical (unpaired) electrons. The summed E-state index contributed by atoms with van der Waals surface area (Å²) in [6.45, 7) is 2.03. The Morgan fingerprint density at radius 2 is 1.90 bits per heavy atom. The molecule has 108 valence electrons. The molecule has 2 rings (SSSR count). The number of aliphatic hydroxyl groups excluding tert-OH is 1. The lowest BCUT2D eigenvalue weighted by atomic mass is 10.1. The van der Waals surface area contributed by atoms with Crippen LogP contribution in [0.3, 0.4) is 0 Å². The van der Waals surface area contributed by atoms with Crippen molar-refractivity contribution in [1.82, 2.24) is 10.2 Å². The van der Waals surface area contributed by atoms with Gasteiger partial charge in [0.25, 0.3) is 0 Å². The Morgan fingerprint density at radius 1 is 1.20 bits per heavy atom. The van der Waals surface area contributed by atoms with Crippen molar-refractivity contribution in [1.29, 1.82) is 0 Å². The predicted octanol–water partition coefficient (Wildman–Crippen LogP) is 3.75. The van der Waals surface area contributed by atoms with Crippen LogP contribution in [0, 0.1) is 11.6 Å². The zero-order chi connectivity index (χ0) is 14.5. The van der Waals surface area contributed by atoms with Gasteiger partial charge in [0.1, 0.15) is 0 Å². The van der Waals surface area contributed by atoms with Crippen LogP contribution in [0.15, 0.2) is 26.9 Å². The van der Waals surface area contributed by atoms with Crippen molar-refractivity contribution < 1.29 is 13.9 Å². The van der Waals surface area contributed by atoms with E-state index in [-0.39, 0.29) is 0 Å². The third-order valence-corrected chi connectivity index (χ3v) is 5.50. The van der Waals surface area contributed by atoms with Gasteiger partial charge in [0.15, 0.2) is 20.3 Å². The molecule has 8 heteroatoms. The molecule has 20 heavy (non-hydrogen) atoms. The number of aromatic nitrogens is 2. The van der Waals surface area contributed by atoms with E-state index < -0.39 is 17.7 Å². The number of halogens is 2. The summed E-state index contributed by atoms with van der Waals surface area (Å²) in [5.74, 6) is -0.629. The maximum atomic E-state index is 13.1. The molecule has 1 atom stereocenters. The summed E-state index contributed by atoms with van der Waals surface area (Å²) in [5, 5.41) is 17.9. The van der Waals surface area contributed by atoms with Crippen LogP contribution in [-0.2, 0) is 0 Å². The number of hydrogen-bond acceptors (Lipinski definition) is 6. The molecule has 0 aliphatic carbocycles. The summed E-state index contributed by atoms with van der Waals surface area (Å²) in [4.78, 5) is 0. The lowest BCUT2D eigenvalue weighted by Gasteiger charge is -2.09. The first kappa shape index (κ1) is 15.7. The first-order valence-electron chi connectivity index (χ1n) is 5.82. The quantitative estimate of drug-likeness (QED) is 0.815. The molecule has 0 spiro atoms. The Bertz CT molecular complexity index is 580. The molecular weight excluding hydrogens is 322 g/mol. The Balaban J connectivity index is 1.93. The maximum absolute atomic E-state index is 13.1. The molecule has 0 amide bonds.